The molecule has 3 amide bonds. The second-order valence-electron chi connectivity index (χ2n) is 10.1. The van der Waals surface area contributed by atoms with Gasteiger partial charge < -0.3 is 25.8 Å². The summed E-state index contributed by atoms with van der Waals surface area (Å²) < 4.78 is 39.8. The quantitative estimate of drug-likeness (QED) is 0.235. The highest BCUT2D eigenvalue weighted by Gasteiger charge is 2.52. The molecule has 0 aliphatic carbocycles. The minimum Gasteiger partial charge on any atom is -0.384 e. The maximum absolute atomic E-state index is 13.7. The number of benzene rings is 3. The average molecular weight is 583 g/mol. The topological polar surface area (TPSA) is 166 Å². The lowest BCUT2D eigenvalue weighted by Crippen LogP contribution is -2.67. The maximum atomic E-state index is 13.7. The minimum atomic E-state index is -4.43. The fourth-order valence-corrected chi connectivity index (χ4v) is 6.17. The van der Waals surface area contributed by atoms with Gasteiger partial charge in [0.25, 0.3) is 0 Å². The summed E-state index contributed by atoms with van der Waals surface area (Å²) in [6.07, 6.45) is -0.736. The number of fused-ring (bicyclic) bond motifs is 1. The minimum absolute atomic E-state index is 0.0750. The summed E-state index contributed by atoms with van der Waals surface area (Å²) in [6.45, 7) is 2.02. The summed E-state index contributed by atoms with van der Waals surface area (Å²) in [5.41, 5.74) is 5.11. The summed E-state index contributed by atoms with van der Waals surface area (Å²) in [4.78, 5) is 39.9. The van der Waals surface area contributed by atoms with Crippen molar-refractivity contribution in [1.82, 2.24) is 15.4 Å². The van der Waals surface area contributed by atoms with Gasteiger partial charge in [-0.1, -0.05) is 60.2 Å². The van der Waals surface area contributed by atoms with Gasteiger partial charge in [0.2, 0.25) is 27.7 Å². The lowest BCUT2D eigenvalue weighted by molar-refractivity contribution is -0.141. The number of hydrogen-bond donors (Lipinski definition) is 4. The second kappa shape index (κ2) is 12.8. The third-order valence-electron chi connectivity index (χ3n) is 7.11. The predicted molar refractivity (Wildman–Crippen MR) is 152 cm³/mol. The Balaban J connectivity index is 1.69. The van der Waals surface area contributed by atoms with E-state index in [1.807, 2.05) is 42.5 Å². The molecule has 3 aromatic carbocycles. The van der Waals surface area contributed by atoms with Crippen LogP contribution in [-0.4, -0.2) is 64.7 Å². The van der Waals surface area contributed by atoms with Crippen LogP contribution in [0.5, 0.6) is 0 Å². The number of primary amides is 1. The number of carbonyl (C=O) groups excluding carboxylic acids is 3. The largest absolute Gasteiger partial charge is 0.384 e. The Morgan fingerprint density at radius 1 is 1.05 bits per heavy atom. The van der Waals surface area contributed by atoms with E-state index in [0.29, 0.717) is 0 Å². The Bertz CT molecular complexity index is 1520. The molecule has 0 spiro atoms. The number of ether oxygens (including phenoxy) is 2. The molecule has 1 aliphatic rings. The predicted octanol–water partition coefficient (Wildman–Crippen LogP) is 1.13. The lowest BCUT2D eigenvalue weighted by Gasteiger charge is -2.37. The van der Waals surface area contributed by atoms with Gasteiger partial charge in [-0.2, -0.15) is 4.72 Å². The van der Waals surface area contributed by atoms with Crippen molar-refractivity contribution in [3.8, 4) is 0 Å². The van der Waals surface area contributed by atoms with Crippen molar-refractivity contribution >= 4 is 38.5 Å². The molecule has 1 heterocycles. The zero-order valence-corrected chi connectivity index (χ0v) is 23.7. The smallest absolute Gasteiger partial charge is 0.241 e. The van der Waals surface area contributed by atoms with Gasteiger partial charge in [0.05, 0.1) is 43.1 Å². The number of rotatable bonds is 13. The van der Waals surface area contributed by atoms with Crippen molar-refractivity contribution in [2.75, 3.05) is 26.9 Å². The van der Waals surface area contributed by atoms with Crippen LogP contribution in [0.15, 0.2) is 71.6 Å². The van der Waals surface area contributed by atoms with Crippen molar-refractivity contribution in [3.05, 3.63) is 77.9 Å². The van der Waals surface area contributed by atoms with Gasteiger partial charge >= 0.3 is 0 Å². The number of hydrogen-bond acceptors (Lipinski definition) is 7. The Labute approximate surface area is 238 Å². The first kappa shape index (κ1) is 30.1. The molecule has 1 fully saturated rings. The zero-order chi connectivity index (χ0) is 29.6. The molecule has 0 radical (unpaired) electrons. The molecular weight excluding hydrogens is 548 g/mol. The van der Waals surface area contributed by atoms with Crippen LogP contribution >= 0.6 is 0 Å². The zero-order valence-electron chi connectivity index (χ0n) is 22.9. The van der Waals surface area contributed by atoms with Crippen LogP contribution in [0.25, 0.3) is 10.8 Å². The standard InChI is InChI=1S/C29H34N4O7S/c1-19-10-12-23(13-11-19)41(37,38)33-29(28(30)36,14-26(34)32-22-16-40-17-22)25(18-39-2)27(35)31-15-21-8-5-7-20-6-3-4-9-24(20)21/h3-13,22,25,33H,14-18H2,1-2H3,(H2,30,36)(H,31,35)(H,32,34)/t25-,29?/m0/s1. The van der Waals surface area contributed by atoms with Gasteiger partial charge in [-0.25, -0.2) is 8.42 Å². The Morgan fingerprint density at radius 2 is 1.73 bits per heavy atom. The molecule has 0 saturated carbocycles. The summed E-state index contributed by atoms with van der Waals surface area (Å²) in [6, 6.07) is 18.9. The van der Waals surface area contributed by atoms with Crippen LogP contribution in [0.3, 0.4) is 0 Å². The van der Waals surface area contributed by atoms with E-state index in [-0.39, 0.29) is 30.7 Å². The Hall–Kier alpha value is -3.84. The second-order valence-corrected chi connectivity index (χ2v) is 11.8. The van der Waals surface area contributed by atoms with Crippen molar-refractivity contribution < 1.29 is 32.3 Å². The maximum Gasteiger partial charge on any atom is 0.241 e. The molecule has 0 aromatic heterocycles. The summed E-state index contributed by atoms with van der Waals surface area (Å²) in [7, 11) is -3.13. The van der Waals surface area contributed by atoms with Crippen molar-refractivity contribution in [2.24, 2.45) is 11.7 Å². The van der Waals surface area contributed by atoms with Gasteiger partial charge in [-0.05, 0) is 35.4 Å². The van der Waals surface area contributed by atoms with Crippen LogP contribution in [0.4, 0.5) is 0 Å². The number of methoxy groups -OCH3 is 1. The molecule has 1 saturated heterocycles. The van der Waals surface area contributed by atoms with Crippen LogP contribution in [0.1, 0.15) is 17.5 Å². The number of sulfonamides is 1. The van der Waals surface area contributed by atoms with Gasteiger partial charge in [-0.15, -0.1) is 0 Å². The first-order valence-electron chi connectivity index (χ1n) is 13.1. The Kier molecular flexibility index (Phi) is 9.38. The summed E-state index contributed by atoms with van der Waals surface area (Å²) in [5.74, 6) is -4.09. The molecule has 0 bridgehead atoms. The summed E-state index contributed by atoms with van der Waals surface area (Å²) >= 11 is 0. The van der Waals surface area contributed by atoms with E-state index >= 15 is 0 Å². The molecule has 11 nitrogen and oxygen atoms in total. The monoisotopic (exact) mass is 582 g/mol. The molecule has 4 rings (SSSR count). The van der Waals surface area contributed by atoms with E-state index in [2.05, 4.69) is 15.4 Å². The number of aryl methyl sites for hydroxylation is 1. The molecule has 218 valence electrons. The molecular formula is C29H34N4O7S. The number of carbonyl (C=O) groups is 3. The highest BCUT2D eigenvalue weighted by atomic mass is 32.2. The molecule has 1 aliphatic heterocycles. The van der Waals surface area contributed by atoms with Crippen LogP contribution in [0.2, 0.25) is 0 Å². The highest BCUT2D eigenvalue weighted by molar-refractivity contribution is 7.89. The van der Waals surface area contributed by atoms with Gasteiger partial charge in [0.15, 0.2) is 0 Å². The number of nitrogens with two attached hydrogens (primary N) is 1. The fraction of sp³-hybridized carbons (Fsp3) is 0.345. The van der Waals surface area contributed by atoms with E-state index in [1.165, 1.54) is 19.2 Å². The van der Waals surface area contributed by atoms with E-state index in [1.54, 1.807) is 19.1 Å². The number of amides is 3. The molecule has 12 heteroatoms. The van der Waals surface area contributed by atoms with Crippen LogP contribution < -0.4 is 21.1 Å². The third-order valence-corrected chi connectivity index (χ3v) is 8.63. The SMILES string of the molecule is COC[C@@H](C(=O)NCc1cccc2ccccc12)C(CC(=O)NC1COC1)(NS(=O)(=O)c1ccc(C)cc1)C(N)=O. The normalized spacial score (nSPS) is 15.9. The van der Waals surface area contributed by atoms with Crippen molar-refractivity contribution in [2.45, 2.75) is 36.4 Å². The van der Waals surface area contributed by atoms with Crippen molar-refractivity contribution in [1.29, 1.82) is 0 Å². The number of nitrogens with one attached hydrogen (secondary N) is 3. The fourth-order valence-electron chi connectivity index (χ4n) is 4.77. The Morgan fingerprint density at radius 3 is 2.37 bits per heavy atom. The molecule has 3 aromatic rings. The summed E-state index contributed by atoms with van der Waals surface area (Å²) in [5, 5.41) is 7.38. The van der Waals surface area contributed by atoms with Crippen molar-refractivity contribution in [3.63, 3.8) is 0 Å². The first-order chi connectivity index (χ1) is 19.6. The molecule has 41 heavy (non-hydrogen) atoms. The van der Waals surface area contributed by atoms with Crippen LogP contribution in [0, 0.1) is 12.8 Å². The molecule has 5 N–H and O–H groups in total. The van der Waals surface area contributed by atoms with E-state index < -0.39 is 52.2 Å². The first-order valence-corrected chi connectivity index (χ1v) is 14.5. The van der Waals surface area contributed by atoms with Gasteiger partial charge in [0, 0.05) is 13.7 Å². The van der Waals surface area contributed by atoms with E-state index in [0.717, 1.165) is 21.9 Å². The average Bonchev–Trinajstić information content (AvgIpc) is 2.92. The van der Waals surface area contributed by atoms with E-state index in [4.69, 9.17) is 15.2 Å². The van der Waals surface area contributed by atoms with E-state index in [9.17, 15) is 22.8 Å². The van der Waals surface area contributed by atoms with Gasteiger partial charge in [-0.3, -0.25) is 14.4 Å². The van der Waals surface area contributed by atoms with Crippen LogP contribution in [-0.2, 0) is 40.4 Å². The third kappa shape index (κ3) is 6.91. The lowest BCUT2D eigenvalue weighted by atomic mass is 9.80. The van der Waals surface area contributed by atoms with Gasteiger partial charge in [0.1, 0.15) is 5.54 Å². The molecule has 2 atom stereocenters. The highest BCUT2D eigenvalue weighted by Crippen LogP contribution is 2.27. The molecule has 1 unspecified atom stereocenters.